The van der Waals surface area contributed by atoms with Crippen molar-refractivity contribution in [1.29, 1.82) is 0 Å². The number of hydrogen-bond acceptors (Lipinski definition) is 5. The zero-order chi connectivity index (χ0) is 18.5. The Labute approximate surface area is 153 Å². The first kappa shape index (κ1) is 17.6. The van der Waals surface area contributed by atoms with E-state index in [1.165, 1.54) is 0 Å². The molecule has 2 aromatic carbocycles. The Kier molecular flexibility index (Phi) is 5.27. The second-order valence-corrected chi connectivity index (χ2v) is 5.56. The van der Waals surface area contributed by atoms with E-state index in [9.17, 15) is 0 Å². The highest BCUT2D eigenvalue weighted by atomic mass is 16.5. The van der Waals surface area contributed by atoms with Gasteiger partial charge in [-0.25, -0.2) is 0 Å². The van der Waals surface area contributed by atoms with E-state index in [2.05, 4.69) is 4.98 Å². The summed E-state index contributed by atoms with van der Waals surface area (Å²) in [7, 11) is 6.54. The largest absolute Gasteiger partial charge is 0.497 e. The van der Waals surface area contributed by atoms with Crippen molar-refractivity contribution < 1.29 is 18.9 Å². The van der Waals surface area contributed by atoms with Crippen LogP contribution in [0.2, 0.25) is 0 Å². The van der Waals surface area contributed by atoms with Crippen molar-refractivity contribution in [3.63, 3.8) is 0 Å². The van der Waals surface area contributed by atoms with Crippen molar-refractivity contribution in [3.05, 3.63) is 54.7 Å². The van der Waals surface area contributed by atoms with E-state index in [-0.39, 0.29) is 0 Å². The fourth-order valence-electron chi connectivity index (χ4n) is 2.76. The lowest BCUT2D eigenvalue weighted by Gasteiger charge is -2.12. The number of ether oxygens (including phenoxy) is 4. The molecule has 0 aliphatic rings. The molecule has 0 bridgehead atoms. The summed E-state index contributed by atoms with van der Waals surface area (Å²) < 4.78 is 21.4. The Morgan fingerprint density at radius 3 is 1.69 bits per heavy atom. The van der Waals surface area contributed by atoms with Gasteiger partial charge in [-0.2, -0.15) is 0 Å². The minimum atomic E-state index is 0.714. The van der Waals surface area contributed by atoms with E-state index in [1.807, 2.05) is 54.7 Å². The van der Waals surface area contributed by atoms with Gasteiger partial charge in [0.05, 0.1) is 34.1 Å². The molecule has 0 saturated heterocycles. The van der Waals surface area contributed by atoms with E-state index in [1.54, 1.807) is 28.4 Å². The number of aromatic nitrogens is 1. The van der Waals surface area contributed by atoms with E-state index in [0.717, 1.165) is 39.6 Å². The van der Waals surface area contributed by atoms with Crippen LogP contribution in [-0.4, -0.2) is 33.4 Å². The van der Waals surface area contributed by atoms with Crippen LogP contribution in [0.15, 0.2) is 54.7 Å². The monoisotopic (exact) mass is 351 g/mol. The average molecular weight is 351 g/mol. The molecule has 134 valence electrons. The zero-order valence-electron chi connectivity index (χ0n) is 15.3. The maximum Gasteiger partial charge on any atom is 0.131 e. The Balaban J connectivity index is 1.97. The van der Waals surface area contributed by atoms with Crippen molar-refractivity contribution in [3.8, 4) is 45.4 Å². The van der Waals surface area contributed by atoms with Crippen LogP contribution in [0.1, 0.15) is 0 Å². The van der Waals surface area contributed by atoms with Gasteiger partial charge in [0.1, 0.15) is 23.0 Å². The number of nitrogens with zero attached hydrogens (tertiary/aromatic N) is 1. The van der Waals surface area contributed by atoms with Crippen molar-refractivity contribution in [2.45, 2.75) is 0 Å². The van der Waals surface area contributed by atoms with Gasteiger partial charge in [-0.1, -0.05) is 6.07 Å². The second-order valence-electron chi connectivity index (χ2n) is 5.56. The molecule has 0 unspecified atom stereocenters. The molecule has 0 spiro atoms. The minimum Gasteiger partial charge on any atom is -0.497 e. The number of hydrogen-bond donors (Lipinski definition) is 0. The van der Waals surface area contributed by atoms with Crippen molar-refractivity contribution in [1.82, 2.24) is 4.98 Å². The summed E-state index contributed by atoms with van der Waals surface area (Å²) in [6.07, 6.45) is 1.82. The SMILES string of the molecule is COc1ccc(-c2ccc(-c3ccc(OC)cc3OC)nc2)c(OC)c1. The molecular formula is C21H21NO4. The third-order valence-electron chi connectivity index (χ3n) is 4.17. The Morgan fingerprint density at radius 2 is 1.19 bits per heavy atom. The average Bonchev–Trinajstić information content (AvgIpc) is 2.72. The molecule has 1 aromatic heterocycles. The minimum absolute atomic E-state index is 0.714. The van der Waals surface area contributed by atoms with Crippen LogP contribution >= 0.6 is 0 Å². The molecule has 1 heterocycles. The number of rotatable bonds is 6. The quantitative estimate of drug-likeness (QED) is 0.657. The van der Waals surface area contributed by atoms with Gasteiger partial charge in [-0.15, -0.1) is 0 Å². The van der Waals surface area contributed by atoms with Gasteiger partial charge in [0, 0.05) is 35.0 Å². The zero-order valence-corrected chi connectivity index (χ0v) is 15.3. The molecule has 5 nitrogen and oxygen atoms in total. The highest BCUT2D eigenvalue weighted by molar-refractivity contribution is 5.74. The summed E-state index contributed by atoms with van der Waals surface area (Å²) >= 11 is 0. The number of benzene rings is 2. The first-order chi connectivity index (χ1) is 12.7. The van der Waals surface area contributed by atoms with E-state index in [4.69, 9.17) is 18.9 Å². The molecule has 0 amide bonds. The Morgan fingerprint density at radius 1 is 0.615 bits per heavy atom. The molecule has 0 aliphatic heterocycles. The van der Waals surface area contributed by atoms with Crippen LogP contribution in [0.4, 0.5) is 0 Å². The third kappa shape index (κ3) is 3.42. The van der Waals surface area contributed by atoms with E-state index in [0.29, 0.717) is 5.75 Å². The normalized spacial score (nSPS) is 10.3. The van der Waals surface area contributed by atoms with E-state index < -0.39 is 0 Å². The highest BCUT2D eigenvalue weighted by Crippen LogP contribution is 2.35. The van der Waals surface area contributed by atoms with Crippen molar-refractivity contribution >= 4 is 0 Å². The van der Waals surface area contributed by atoms with Gasteiger partial charge >= 0.3 is 0 Å². The van der Waals surface area contributed by atoms with E-state index >= 15 is 0 Å². The fraction of sp³-hybridized carbons (Fsp3) is 0.190. The second kappa shape index (κ2) is 7.78. The maximum atomic E-state index is 5.48. The molecule has 3 aromatic rings. The van der Waals surface area contributed by atoms with Crippen LogP contribution in [0.25, 0.3) is 22.4 Å². The van der Waals surface area contributed by atoms with Gasteiger partial charge in [0.25, 0.3) is 0 Å². The smallest absolute Gasteiger partial charge is 0.131 e. The molecular weight excluding hydrogens is 330 g/mol. The summed E-state index contributed by atoms with van der Waals surface area (Å²) in [5.41, 5.74) is 3.64. The molecule has 5 heteroatoms. The third-order valence-corrected chi connectivity index (χ3v) is 4.17. The first-order valence-electron chi connectivity index (χ1n) is 8.11. The van der Waals surface area contributed by atoms with Crippen LogP contribution in [0.3, 0.4) is 0 Å². The summed E-state index contributed by atoms with van der Waals surface area (Å²) in [6, 6.07) is 15.4. The first-order valence-corrected chi connectivity index (χ1v) is 8.11. The van der Waals surface area contributed by atoms with Gasteiger partial charge in [-0.05, 0) is 30.3 Å². The highest BCUT2D eigenvalue weighted by Gasteiger charge is 2.11. The molecule has 3 rings (SSSR count). The van der Waals surface area contributed by atoms with Crippen LogP contribution in [-0.2, 0) is 0 Å². The summed E-state index contributed by atoms with van der Waals surface area (Å²) in [5.74, 6) is 2.94. The van der Waals surface area contributed by atoms with Crippen molar-refractivity contribution in [2.75, 3.05) is 28.4 Å². The molecule has 0 fully saturated rings. The van der Waals surface area contributed by atoms with Gasteiger partial charge in [0.15, 0.2) is 0 Å². The van der Waals surface area contributed by atoms with Crippen LogP contribution < -0.4 is 18.9 Å². The predicted molar refractivity (Wildman–Crippen MR) is 101 cm³/mol. The molecule has 0 saturated carbocycles. The number of methoxy groups -OCH3 is 4. The number of pyridine rings is 1. The van der Waals surface area contributed by atoms with Crippen LogP contribution in [0.5, 0.6) is 23.0 Å². The standard InChI is InChI=1S/C21H21NO4/c1-23-15-6-8-17(20(11-15)25-3)14-5-10-19(22-13-14)18-9-7-16(24-2)12-21(18)26-4/h5-13H,1-4H3. The topological polar surface area (TPSA) is 49.8 Å². The summed E-state index contributed by atoms with van der Waals surface area (Å²) in [4.78, 5) is 4.60. The lowest BCUT2D eigenvalue weighted by Crippen LogP contribution is -1.93. The van der Waals surface area contributed by atoms with Crippen LogP contribution in [0, 0.1) is 0 Å². The molecule has 0 radical (unpaired) electrons. The van der Waals surface area contributed by atoms with Crippen molar-refractivity contribution in [2.24, 2.45) is 0 Å². The fourth-order valence-corrected chi connectivity index (χ4v) is 2.76. The summed E-state index contributed by atoms with van der Waals surface area (Å²) in [6.45, 7) is 0. The van der Waals surface area contributed by atoms with Gasteiger partial charge < -0.3 is 18.9 Å². The Bertz CT molecular complexity index is 817. The molecule has 0 atom stereocenters. The lowest BCUT2D eigenvalue weighted by molar-refractivity contribution is 0.395. The van der Waals surface area contributed by atoms with Gasteiger partial charge in [-0.3, -0.25) is 4.98 Å². The predicted octanol–water partition coefficient (Wildman–Crippen LogP) is 4.45. The Hall–Kier alpha value is -3.21. The maximum absolute atomic E-state index is 5.48. The molecule has 26 heavy (non-hydrogen) atoms. The lowest BCUT2D eigenvalue weighted by atomic mass is 10.0. The molecule has 0 aliphatic carbocycles. The van der Waals surface area contributed by atoms with Gasteiger partial charge in [0.2, 0.25) is 0 Å². The summed E-state index contributed by atoms with van der Waals surface area (Å²) in [5, 5.41) is 0. The molecule has 0 N–H and O–H groups in total.